The van der Waals surface area contributed by atoms with Crippen molar-refractivity contribution in [2.75, 3.05) is 30.6 Å². The number of ether oxygens (including phenoxy) is 3. The fourth-order valence-corrected chi connectivity index (χ4v) is 4.28. The number of halogens is 2. The zero-order valence-corrected chi connectivity index (χ0v) is 21.9. The van der Waals surface area contributed by atoms with Gasteiger partial charge in [-0.25, -0.2) is 0 Å². The Balaban J connectivity index is 1.39. The van der Waals surface area contributed by atoms with Crippen LogP contribution < -0.4 is 30.0 Å². The summed E-state index contributed by atoms with van der Waals surface area (Å²) in [6, 6.07) is 17.8. The van der Waals surface area contributed by atoms with E-state index >= 15 is 0 Å². The van der Waals surface area contributed by atoms with Crippen LogP contribution in [0.4, 0.5) is 11.4 Å². The van der Waals surface area contributed by atoms with Gasteiger partial charge < -0.3 is 19.1 Å². The first-order valence-electron chi connectivity index (χ1n) is 11.7. The van der Waals surface area contributed by atoms with E-state index < -0.39 is 5.92 Å². The topological polar surface area (TPSA) is 89.1 Å². The Bertz CT molecular complexity index is 1270. The van der Waals surface area contributed by atoms with Crippen LogP contribution in [0, 0.1) is 5.92 Å². The van der Waals surface area contributed by atoms with Gasteiger partial charge in [0.25, 0.3) is 0 Å². The summed E-state index contributed by atoms with van der Waals surface area (Å²) in [5.74, 6) is 0.688. The van der Waals surface area contributed by atoms with Crippen LogP contribution >= 0.6 is 23.2 Å². The molecule has 1 atom stereocenters. The Morgan fingerprint density at radius 3 is 2.54 bits per heavy atom. The van der Waals surface area contributed by atoms with Gasteiger partial charge in [-0.15, -0.1) is 0 Å². The van der Waals surface area contributed by atoms with Crippen molar-refractivity contribution in [2.45, 2.75) is 20.0 Å². The van der Waals surface area contributed by atoms with Gasteiger partial charge >= 0.3 is 0 Å². The second-order valence-corrected chi connectivity index (χ2v) is 9.14. The zero-order valence-electron chi connectivity index (χ0n) is 20.4. The van der Waals surface area contributed by atoms with Gasteiger partial charge in [0.15, 0.2) is 11.5 Å². The molecule has 1 aliphatic rings. The summed E-state index contributed by atoms with van der Waals surface area (Å²) >= 11 is 12.1. The summed E-state index contributed by atoms with van der Waals surface area (Å²) in [5, 5.41) is 0.887. The minimum atomic E-state index is -0.516. The number of nitrogens with zero attached hydrogens (tertiary/aromatic N) is 1. The average molecular weight is 544 g/mol. The highest BCUT2D eigenvalue weighted by Gasteiger charge is 2.35. The number of amides is 2. The van der Waals surface area contributed by atoms with E-state index in [-0.39, 0.29) is 31.4 Å². The fourth-order valence-electron chi connectivity index (χ4n) is 3.96. The third-order valence-electron chi connectivity index (χ3n) is 5.84. The number of hydrogen-bond donors (Lipinski definition) is 2. The smallest absolute Gasteiger partial charge is 0.243 e. The van der Waals surface area contributed by atoms with Crippen LogP contribution in [0.25, 0.3) is 0 Å². The molecule has 0 spiro atoms. The molecule has 1 saturated heterocycles. The summed E-state index contributed by atoms with van der Waals surface area (Å²) in [6.45, 7) is 2.95. The summed E-state index contributed by atoms with van der Waals surface area (Å²) in [5.41, 5.74) is 7.66. The van der Waals surface area contributed by atoms with E-state index in [0.29, 0.717) is 33.8 Å². The second-order valence-electron chi connectivity index (χ2n) is 8.32. The molecular formula is C27H27Cl2N3O5. The van der Waals surface area contributed by atoms with Gasteiger partial charge in [0, 0.05) is 18.7 Å². The van der Waals surface area contributed by atoms with E-state index in [1.54, 1.807) is 35.2 Å². The Hall–Kier alpha value is -3.62. The van der Waals surface area contributed by atoms with Crippen LogP contribution in [-0.4, -0.2) is 32.1 Å². The number of carbonyl (C=O) groups is 2. The van der Waals surface area contributed by atoms with E-state index in [1.807, 2.05) is 37.3 Å². The number of methoxy groups -OCH3 is 1. The van der Waals surface area contributed by atoms with Crippen LogP contribution in [0.3, 0.4) is 0 Å². The number of benzene rings is 3. The number of hydrogen-bond acceptors (Lipinski definition) is 6. The molecule has 194 valence electrons. The predicted octanol–water partition coefficient (Wildman–Crippen LogP) is 5.48. The lowest BCUT2D eigenvalue weighted by Crippen LogP contribution is -2.36. The van der Waals surface area contributed by atoms with E-state index in [4.69, 9.17) is 37.4 Å². The largest absolute Gasteiger partial charge is 0.494 e. The maximum Gasteiger partial charge on any atom is 0.243 e. The highest BCUT2D eigenvalue weighted by atomic mass is 35.5. The van der Waals surface area contributed by atoms with Crippen molar-refractivity contribution in [3.63, 3.8) is 0 Å². The monoisotopic (exact) mass is 543 g/mol. The first kappa shape index (κ1) is 26.4. The number of nitrogens with one attached hydrogen (secondary N) is 2. The number of anilines is 2. The second kappa shape index (κ2) is 12.1. The van der Waals surface area contributed by atoms with Crippen molar-refractivity contribution in [3.05, 3.63) is 76.3 Å². The van der Waals surface area contributed by atoms with E-state index in [9.17, 15) is 9.59 Å². The van der Waals surface area contributed by atoms with Gasteiger partial charge in [0.1, 0.15) is 12.4 Å². The molecule has 37 heavy (non-hydrogen) atoms. The fraction of sp³-hybridized carbons (Fsp3) is 0.259. The molecule has 0 bridgehead atoms. The number of hydrazine groups is 1. The molecule has 1 heterocycles. The molecular weight excluding hydrogens is 517 g/mol. The lowest BCUT2D eigenvalue weighted by molar-refractivity contribution is -0.125. The van der Waals surface area contributed by atoms with Crippen LogP contribution in [0.5, 0.6) is 17.2 Å². The minimum Gasteiger partial charge on any atom is -0.494 e. The van der Waals surface area contributed by atoms with Crippen molar-refractivity contribution in [1.82, 2.24) is 5.43 Å². The molecule has 0 saturated carbocycles. The van der Waals surface area contributed by atoms with Crippen molar-refractivity contribution in [3.8, 4) is 17.2 Å². The highest BCUT2D eigenvalue weighted by molar-refractivity contribution is 6.42. The quantitative estimate of drug-likeness (QED) is 0.329. The molecule has 0 radical (unpaired) electrons. The van der Waals surface area contributed by atoms with E-state index in [1.165, 1.54) is 7.11 Å². The molecule has 2 N–H and O–H groups in total. The number of carbonyl (C=O) groups excluding carboxylic acids is 2. The van der Waals surface area contributed by atoms with Crippen LogP contribution in [0.15, 0.2) is 60.7 Å². The predicted molar refractivity (Wildman–Crippen MR) is 144 cm³/mol. The molecule has 8 nitrogen and oxygen atoms in total. The Morgan fingerprint density at radius 1 is 1.05 bits per heavy atom. The molecule has 0 aromatic heterocycles. The van der Waals surface area contributed by atoms with Gasteiger partial charge in [0.2, 0.25) is 11.8 Å². The summed E-state index contributed by atoms with van der Waals surface area (Å²) in [6.07, 6.45) is 0.111. The van der Waals surface area contributed by atoms with Gasteiger partial charge in [-0.2, -0.15) is 0 Å². The summed E-state index contributed by atoms with van der Waals surface area (Å²) in [7, 11) is 1.53. The normalized spacial score (nSPS) is 14.9. The van der Waals surface area contributed by atoms with Crippen LogP contribution in [-0.2, 0) is 16.2 Å². The molecule has 4 rings (SSSR count). The van der Waals surface area contributed by atoms with Crippen molar-refractivity contribution >= 4 is 46.4 Å². The molecule has 3 aromatic carbocycles. The third-order valence-corrected chi connectivity index (χ3v) is 6.58. The van der Waals surface area contributed by atoms with E-state index in [2.05, 4.69) is 10.9 Å². The zero-order chi connectivity index (χ0) is 26.4. The van der Waals surface area contributed by atoms with Crippen molar-refractivity contribution < 1.29 is 23.8 Å². The van der Waals surface area contributed by atoms with Gasteiger partial charge in [-0.1, -0.05) is 35.3 Å². The first-order chi connectivity index (χ1) is 17.9. The molecule has 0 aliphatic carbocycles. The first-order valence-corrected chi connectivity index (χ1v) is 12.5. The van der Waals surface area contributed by atoms with E-state index in [0.717, 1.165) is 17.0 Å². The molecule has 3 aromatic rings. The molecule has 1 fully saturated rings. The van der Waals surface area contributed by atoms with Crippen LogP contribution in [0.1, 0.15) is 18.9 Å². The number of rotatable bonds is 10. The molecule has 2 amide bonds. The Kier molecular flexibility index (Phi) is 8.63. The van der Waals surface area contributed by atoms with Gasteiger partial charge in [-0.3, -0.25) is 20.4 Å². The SMILES string of the molecule is CCOc1ccc(N2C[C@H](C(=O)NNc3cccc(OC)c3OCc3ccc(Cl)c(Cl)c3)CC2=O)cc1. The lowest BCUT2D eigenvalue weighted by Gasteiger charge is -2.19. The standard InChI is InChI=1S/C27H27Cl2N3O5/c1-3-36-20-10-8-19(9-11-20)32-15-18(14-25(32)33)27(34)31-30-23-5-4-6-24(35-2)26(23)37-16-17-7-12-21(28)22(29)13-17/h4-13,18,30H,3,14-16H2,1-2H3,(H,31,34)/t18-/m1/s1. The van der Waals surface area contributed by atoms with Crippen molar-refractivity contribution in [2.24, 2.45) is 5.92 Å². The highest BCUT2D eigenvalue weighted by Crippen LogP contribution is 2.36. The maximum absolute atomic E-state index is 12.9. The maximum atomic E-state index is 12.9. The summed E-state index contributed by atoms with van der Waals surface area (Å²) < 4.78 is 16.9. The van der Waals surface area contributed by atoms with Crippen molar-refractivity contribution in [1.29, 1.82) is 0 Å². The molecule has 0 unspecified atom stereocenters. The number of para-hydroxylation sites is 1. The average Bonchev–Trinajstić information content (AvgIpc) is 3.30. The molecule has 1 aliphatic heterocycles. The Labute approximate surface area is 225 Å². The Morgan fingerprint density at radius 2 is 1.84 bits per heavy atom. The summed E-state index contributed by atoms with van der Waals surface area (Å²) in [4.78, 5) is 27.1. The lowest BCUT2D eigenvalue weighted by atomic mass is 10.1. The third kappa shape index (κ3) is 6.39. The van der Waals surface area contributed by atoms with Crippen LogP contribution in [0.2, 0.25) is 10.0 Å². The van der Waals surface area contributed by atoms with Gasteiger partial charge in [0.05, 0.1) is 35.4 Å². The minimum absolute atomic E-state index is 0.111. The molecule has 10 heteroatoms. The van der Waals surface area contributed by atoms with Gasteiger partial charge in [-0.05, 0) is 61.0 Å².